The third kappa shape index (κ3) is 4.64. The molecule has 6 nitrogen and oxygen atoms in total. The highest BCUT2D eigenvalue weighted by atomic mass is 16.7. The second-order valence-electron chi connectivity index (χ2n) is 6.65. The Morgan fingerprint density at radius 1 is 1.07 bits per heavy atom. The molecule has 2 aromatic rings. The predicted molar refractivity (Wildman–Crippen MR) is 108 cm³/mol. The molecule has 0 spiro atoms. The molecule has 0 aromatic heterocycles. The maximum Gasteiger partial charge on any atom is 0.219 e. The number of carbonyl (C=O) groups is 1. The lowest BCUT2D eigenvalue weighted by atomic mass is 9.95. The Hall–Kier alpha value is -2.57. The Morgan fingerprint density at radius 2 is 1.71 bits per heavy atom. The van der Waals surface area contributed by atoms with Crippen LogP contribution >= 0.6 is 0 Å². The smallest absolute Gasteiger partial charge is 0.219 e. The second kappa shape index (κ2) is 9.57. The summed E-state index contributed by atoms with van der Waals surface area (Å²) in [5, 5.41) is 0. The lowest BCUT2D eigenvalue weighted by Gasteiger charge is -2.44. The Morgan fingerprint density at radius 3 is 2.36 bits per heavy atom. The summed E-state index contributed by atoms with van der Waals surface area (Å²) >= 11 is 0. The van der Waals surface area contributed by atoms with Gasteiger partial charge >= 0.3 is 0 Å². The van der Waals surface area contributed by atoms with Crippen LogP contribution in [0.4, 0.5) is 5.69 Å². The summed E-state index contributed by atoms with van der Waals surface area (Å²) in [5.41, 5.74) is 7.52. The zero-order valence-electron chi connectivity index (χ0n) is 16.4. The van der Waals surface area contributed by atoms with Crippen molar-refractivity contribution in [3.05, 3.63) is 60.2 Å². The Balaban J connectivity index is 2.01. The van der Waals surface area contributed by atoms with E-state index in [4.69, 9.17) is 19.9 Å². The van der Waals surface area contributed by atoms with E-state index in [1.165, 1.54) is 0 Å². The fourth-order valence-corrected chi connectivity index (χ4v) is 3.63. The fourth-order valence-electron chi connectivity index (χ4n) is 3.63. The quantitative estimate of drug-likeness (QED) is 0.672. The molecule has 0 radical (unpaired) electrons. The van der Waals surface area contributed by atoms with Gasteiger partial charge in [0.15, 0.2) is 6.29 Å². The van der Waals surface area contributed by atoms with Crippen molar-refractivity contribution < 1.29 is 19.0 Å². The first-order valence-corrected chi connectivity index (χ1v) is 9.72. The highest BCUT2D eigenvalue weighted by Gasteiger charge is 2.38. The molecular formula is C22H28N2O4. The van der Waals surface area contributed by atoms with Gasteiger partial charge in [-0.2, -0.15) is 0 Å². The van der Waals surface area contributed by atoms with Crippen molar-refractivity contribution in [2.24, 2.45) is 5.73 Å². The van der Waals surface area contributed by atoms with Crippen LogP contribution in [-0.4, -0.2) is 38.0 Å². The van der Waals surface area contributed by atoms with E-state index in [2.05, 4.69) is 4.90 Å². The third-order valence-corrected chi connectivity index (χ3v) is 4.77. The average molecular weight is 384 g/mol. The highest BCUT2D eigenvalue weighted by molar-refractivity contribution is 5.76. The summed E-state index contributed by atoms with van der Waals surface area (Å²) in [7, 11) is 0. The molecule has 1 aliphatic rings. The number of amides is 1. The first-order chi connectivity index (χ1) is 13.6. The summed E-state index contributed by atoms with van der Waals surface area (Å²) in [5.74, 6) is 0.395. The van der Waals surface area contributed by atoms with Gasteiger partial charge < -0.3 is 24.8 Å². The first kappa shape index (κ1) is 20.2. The van der Waals surface area contributed by atoms with Crippen LogP contribution in [0.3, 0.4) is 0 Å². The number of hydrogen-bond donors (Lipinski definition) is 1. The molecular weight excluding hydrogens is 356 g/mol. The van der Waals surface area contributed by atoms with Gasteiger partial charge in [0.25, 0.3) is 0 Å². The van der Waals surface area contributed by atoms with Gasteiger partial charge in [0, 0.05) is 13.2 Å². The number of para-hydroxylation sites is 2. The summed E-state index contributed by atoms with van der Waals surface area (Å²) < 4.78 is 17.9. The van der Waals surface area contributed by atoms with Crippen LogP contribution in [0.1, 0.15) is 31.9 Å². The molecule has 0 aliphatic carbocycles. The number of anilines is 1. The minimum absolute atomic E-state index is 0.166. The van der Waals surface area contributed by atoms with Crippen molar-refractivity contribution in [1.29, 1.82) is 0 Å². The highest BCUT2D eigenvalue weighted by Crippen LogP contribution is 2.42. The molecule has 28 heavy (non-hydrogen) atoms. The fraction of sp³-hybridized carbons (Fsp3) is 0.409. The van der Waals surface area contributed by atoms with Crippen LogP contribution in [0.5, 0.6) is 5.75 Å². The minimum Gasteiger partial charge on any atom is -0.481 e. The molecule has 2 aromatic carbocycles. The van der Waals surface area contributed by atoms with Crippen molar-refractivity contribution in [3.8, 4) is 5.75 Å². The van der Waals surface area contributed by atoms with E-state index >= 15 is 0 Å². The zero-order valence-corrected chi connectivity index (χ0v) is 16.4. The number of rotatable bonds is 9. The van der Waals surface area contributed by atoms with Crippen LogP contribution in [0.2, 0.25) is 0 Å². The SMILES string of the molecule is CCOC(CN1c2ccccc2OC(c2ccccc2)C1CC(N)=O)OCC. The van der Waals surface area contributed by atoms with Crippen molar-refractivity contribution in [2.45, 2.75) is 38.7 Å². The topological polar surface area (TPSA) is 74.0 Å². The number of ether oxygens (including phenoxy) is 3. The number of benzene rings is 2. The number of nitrogens with zero attached hydrogens (tertiary/aromatic N) is 1. The lowest BCUT2D eigenvalue weighted by Crippen LogP contribution is -2.50. The summed E-state index contributed by atoms with van der Waals surface area (Å²) in [6, 6.07) is 17.5. The number of fused-ring (bicyclic) bond motifs is 1. The Bertz CT molecular complexity index is 762. The maximum absolute atomic E-state index is 11.9. The van der Waals surface area contributed by atoms with E-state index in [1.54, 1.807) is 0 Å². The average Bonchev–Trinajstić information content (AvgIpc) is 2.70. The largest absolute Gasteiger partial charge is 0.481 e. The summed E-state index contributed by atoms with van der Waals surface area (Å²) in [6.45, 7) is 5.43. The van der Waals surface area contributed by atoms with Gasteiger partial charge in [0.05, 0.1) is 24.7 Å². The molecule has 2 unspecified atom stereocenters. The van der Waals surface area contributed by atoms with E-state index < -0.39 is 6.29 Å². The lowest BCUT2D eigenvalue weighted by molar-refractivity contribution is -0.132. The Kier molecular flexibility index (Phi) is 6.90. The van der Waals surface area contributed by atoms with Crippen molar-refractivity contribution >= 4 is 11.6 Å². The van der Waals surface area contributed by atoms with Gasteiger partial charge in [0.1, 0.15) is 11.9 Å². The molecule has 2 N–H and O–H groups in total. The van der Waals surface area contributed by atoms with Gasteiger partial charge in [-0.1, -0.05) is 42.5 Å². The molecule has 150 valence electrons. The van der Waals surface area contributed by atoms with Crippen LogP contribution in [-0.2, 0) is 14.3 Å². The van der Waals surface area contributed by atoms with E-state index in [-0.39, 0.29) is 24.5 Å². The van der Waals surface area contributed by atoms with E-state index in [9.17, 15) is 4.79 Å². The monoisotopic (exact) mass is 384 g/mol. The standard InChI is InChI=1S/C22H28N2O4/c1-3-26-21(27-4-2)15-24-17-12-8-9-13-19(17)28-22(18(24)14-20(23)25)16-10-6-5-7-11-16/h5-13,18,21-22H,3-4,14-15H2,1-2H3,(H2,23,25). The van der Waals surface area contributed by atoms with Gasteiger partial charge in [0.2, 0.25) is 5.91 Å². The van der Waals surface area contributed by atoms with Gasteiger partial charge in [-0.15, -0.1) is 0 Å². The predicted octanol–water partition coefficient (Wildman–Crippen LogP) is 3.27. The zero-order chi connectivity index (χ0) is 19.9. The van der Waals surface area contributed by atoms with E-state index in [1.807, 2.05) is 68.4 Å². The van der Waals surface area contributed by atoms with Crippen LogP contribution < -0.4 is 15.4 Å². The summed E-state index contributed by atoms with van der Waals surface area (Å²) in [6.07, 6.45) is -0.570. The Labute approximate surface area is 166 Å². The molecule has 6 heteroatoms. The molecule has 0 saturated heterocycles. The van der Waals surface area contributed by atoms with Crippen LogP contribution in [0, 0.1) is 0 Å². The van der Waals surface area contributed by atoms with Crippen molar-refractivity contribution in [1.82, 2.24) is 0 Å². The molecule has 0 bridgehead atoms. The van der Waals surface area contributed by atoms with Gasteiger partial charge in [-0.25, -0.2) is 0 Å². The van der Waals surface area contributed by atoms with Crippen molar-refractivity contribution in [2.75, 3.05) is 24.7 Å². The molecule has 0 fully saturated rings. The van der Waals surface area contributed by atoms with Crippen LogP contribution in [0.25, 0.3) is 0 Å². The maximum atomic E-state index is 11.9. The van der Waals surface area contributed by atoms with Gasteiger partial charge in [-0.05, 0) is 31.5 Å². The molecule has 0 saturated carbocycles. The normalized spacial score (nSPS) is 18.6. The van der Waals surface area contributed by atoms with E-state index in [0.29, 0.717) is 19.8 Å². The minimum atomic E-state index is -0.409. The van der Waals surface area contributed by atoms with Crippen molar-refractivity contribution in [3.63, 3.8) is 0 Å². The molecule has 3 rings (SSSR count). The van der Waals surface area contributed by atoms with Crippen LogP contribution in [0.15, 0.2) is 54.6 Å². The number of primary amides is 1. The first-order valence-electron chi connectivity index (χ1n) is 9.72. The number of hydrogen-bond acceptors (Lipinski definition) is 5. The second-order valence-corrected chi connectivity index (χ2v) is 6.65. The van der Waals surface area contributed by atoms with E-state index in [0.717, 1.165) is 17.0 Å². The molecule has 1 amide bonds. The molecule has 1 heterocycles. The summed E-state index contributed by atoms with van der Waals surface area (Å²) in [4.78, 5) is 14.1. The molecule has 2 atom stereocenters. The number of nitrogens with two attached hydrogens (primary N) is 1. The van der Waals surface area contributed by atoms with Gasteiger partial charge in [-0.3, -0.25) is 4.79 Å². The molecule has 1 aliphatic heterocycles. The number of carbonyl (C=O) groups excluding carboxylic acids is 1. The third-order valence-electron chi connectivity index (χ3n) is 4.77.